The first-order valence-corrected chi connectivity index (χ1v) is 8.35. The minimum absolute atomic E-state index is 0.0542. The summed E-state index contributed by atoms with van der Waals surface area (Å²) >= 11 is 1.21. The Kier molecular flexibility index (Phi) is 5.08. The Morgan fingerprint density at radius 1 is 1.24 bits per heavy atom. The second kappa shape index (κ2) is 7.43. The van der Waals surface area contributed by atoms with Gasteiger partial charge in [-0.1, -0.05) is 17.8 Å². The minimum atomic E-state index is -0.410. The summed E-state index contributed by atoms with van der Waals surface area (Å²) in [6, 6.07) is 12.9. The maximum atomic E-state index is 13.4. The van der Waals surface area contributed by atoms with Gasteiger partial charge in [-0.05, 0) is 59.8 Å². The molecule has 0 aliphatic heterocycles. The van der Waals surface area contributed by atoms with Gasteiger partial charge in [0.15, 0.2) is 5.78 Å². The predicted octanol–water partition coefficient (Wildman–Crippen LogP) is 3.17. The molecular weight excluding hydrogens is 343 g/mol. The van der Waals surface area contributed by atoms with Crippen molar-refractivity contribution in [2.24, 2.45) is 0 Å². The third-order valence-corrected chi connectivity index (χ3v) is 4.55. The number of carbonyl (C=O) groups is 1. The van der Waals surface area contributed by atoms with Gasteiger partial charge in [-0.25, -0.2) is 4.39 Å². The van der Waals surface area contributed by atoms with Crippen LogP contribution in [0.1, 0.15) is 17.3 Å². The van der Waals surface area contributed by atoms with Crippen LogP contribution >= 0.6 is 11.8 Å². The number of hydrogen-bond donors (Lipinski definition) is 0. The fourth-order valence-electron chi connectivity index (χ4n) is 2.22. The maximum Gasteiger partial charge on any atom is 0.214 e. The molecule has 3 aromatic rings. The van der Waals surface area contributed by atoms with Crippen LogP contribution in [0.25, 0.3) is 5.69 Å². The highest BCUT2D eigenvalue weighted by molar-refractivity contribution is 8.00. The zero-order valence-electron chi connectivity index (χ0n) is 13.6. The van der Waals surface area contributed by atoms with Crippen LogP contribution in [0.15, 0.2) is 53.7 Å². The van der Waals surface area contributed by atoms with E-state index in [0.29, 0.717) is 22.2 Å². The number of Topliss-reactive ketones (excluding diaryl/α,β-unsaturated/α-hetero) is 1. The fraction of sp³-hybridized carbons (Fsp3) is 0.176. The Bertz CT molecular complexity index is 882. The molecule has 0 spiro atoms. The number of hydrogen-bond acceptors (Lipinski definition) is 6. The summed E-state index contributed by atoms with van der Waals surface area (Å²) in [6.45, 7) is 1.78. The van der Waals surface area contributed by atoms with E-state index in [2.05, 4.69) is 15.5 Å². The molecule has 6 nitrogen and oxygen atoms in total. The smallest absolute Gasteiger partial charge is 0.214 e. The number of benzene rings is 2. The zero-order chi connectivity index (χ0) is 17.8. The first kappa shape index (κ1) is 17.1. The van der Waals surface area contributed by atoms with E-state index in [1.54, 1.807) is 50.4 Å². The van der Waals surface area contributed by atoms with Gasteiger partial charge in [0, 0.05) is 5.56 Å². The van der Waals surface area contributed by atoms with Gasteiger partial charge in [-0.2, -0.15) is 4.68 Å². The highest BCUT2D eigenvalue weighted by atomic mass is 32.2. The molecule has 1 atom stereocenters. The molecule has 0 radical (unpaired) electrons. The summed E-state index contributed by atoms with van der Waals surface area (Å²) < 4.78 is 19.9. The van der Waals surface area contributed by atoms with Gasteiger partial charge in [0.25, 0.3) is 0 Å². The van der Waals surface area contributed by atoms with Crippen LogP contribution in [0.3, 0.4) is 0 Å². The first-order chi connectivity index (χ1) is 12.1. The molecule has 128 valence electrons. The van der Waals surface area contributed by atoms with Crippen molar-refractivity contribution in [2.75, 3.05) is 7.11 Å². The average molecular weight is 358 g/mol. The molecule has 0 saturated heterocycles. The largest absolute Gasteiger partial charge is 0.497 e. The number of ether oxygens (including phenoxy) is 1. The van der Waals surface area contributed by atoms with Crippen LogP contribution in [-0.2, 0) is 0 Å². The molecule has 0 fully saturated rings. The van der Waals surface area contributed by atoms with Crippen molar-refractivity contribution in [3.63, 3.8) is 0 Å². The van der Waals surface area contributed by atoms with Crippen LogP contribution in [0, 0.1) is 5.82 Å². The molecule has 8 heteroatoms. The highest BCUT2D eigenvalue weighted by Crippen LogP contribution is 2.26. The Morgan fingerprint density at radius 3 is 2.68 bits per heavy atom. The number of halogens is 1. The molecule has 0 amide bonds. The minimum Gasteiger partial charge on any atom is -0.497 e. The summed E-state index contributed by atoms with van der Waals surface area (Å²) in [7, 11) is 1.57. The van der Waals surface area contributed by atoms with Crippen LogP contribution in [0.4, 0.5) is 4.39 Å². The topological polar surface area (TPSA) is 69.9 Å². The van der Waals surface area contributed by atoms with Crippen molar-refractivity contribution in [1.29, 1.82) is 0 Å². The number of nitrogens with zero attached hydrogens (tertiary/aromatic N) is 4. The van der Waals surface area contributed by atoms with E-state index < -0.39 is 5.25 Å². The van der Waals surface area contributed by atoms with E-state index in [4.69, 9.17) is 4.74 Å². The quantitative estimate of drug-likeness (QED) is 0.498. The third kappa shape index (κ3) is 3.85. The van der Waals surface area contributed by atoms with E-state index in [-0.39, 0.29) is 11.6 Å². The molecule has 1 heterocycles. The van der Waals surface area contributed by atoms with Gasteiger partial charge in [0.2, 0.25) is 5.16 Å². The van der Waals surface area contributed by atoms with Crippen molar-refractivity contribution in [2.45, 2.75) is 17.3 Å². The molecular formula is C17H15FN4O2S. The monoisotopic (exact) mass is 358 g/mol. The van der Waals surface area contributed by atoms with Crippen molar-refractivity contribution >= 4 is 17.5 Å². The van der Waals surface area contributed by atoms with E-state index in [9.17, 15) is 9.18 Å². The molecule has 2 aromatic carbocycles. The molecule has 0 bridgehead atoms. The van der Waals surface area contributed by atoms with Crippen molar-refractivity contribution in [1.82, 2.24) is 20.2 Å². The summed E-state index contributed by atoms with van der Waals surface area (Å²) in [6.07, 6.45) is 0. The van der Waals surface area contributed by atoms with Gasteiger partial charge in [0.05, 0.1) is 18.0 Å². The lowest BCUT2D eigenvalue weighted by atomic mass is 10.1. The van der Waals surface area contributed by atoms with Crippen molar-refractivity contribution in [3.8, 4) is 11.4 Å². The van der Waals surface area contributed by atoms with Gasteiger partial charge < -0.3 is 4.74 Å². The number of methoxy groups -OCH3 is 1. The average Bonchev–Trinajstić information content (AvgIpc) is 3.09. The van der Waals surface area contributed by atoms with Crippen LogP contribution in [0.5, 0.6) is 5.75 Å². The predicted molar refractivity (Wildman–Crippen MR) is 91.8 cm³/mol. The SMILES string of the molecule is COc1ccc(C(=O)C(C)Sc2nnnn2-c2cccc(F)c2)cc1. The zero-order valence-corrected chi connectivity index (χ0v) is 14.4. The number of carbonyl (C=O) groups excluding carboxylic acids is 1. The number of tetrazole rings is 1. The lowest BCUT2D eigenvalue weighted by Crippen LogP contribution is -2.14. The van der Waals surface area contributed by atoms with E-state index in [0.717, 1.165) is 0 Å². The van der Waals surface area contributed by atoms with Crippen LogP contribution in [0.2, 0.25) is 0 Å². The lowest BCUT2D eigenvalue weighted by Gasteiger charge is -2.10. The van der Waals surface area contributed by atoms with Crippen molar-refractivity contribution in [3.05, 3.63) is 59.9 Å². The Labute approximate surface area is 148 Å². The number of aromatic nitrogens is 4. The second-order valence-electron chi connectivity index (χ2n) is 5.21. The van der Waals surface area contributed by atoms with Gasteiger partial charge >= 0.3 is 0 Å². The molecule has 3 rings (SSSR count). The molecule has 0 aliphatic rings. The molecule has 0 saturated carbocycles. The van der Waals surface area contributed by atoms with E-state index in [1.165, 1.54) is 28.6 Å². The molecule has 1 unspecified atom stereocenters. The third-order valence-electron chi connectivity index (χ3n) is 3.52. The first-order valence-electron chi connectivity index (χ1n) is 7.47. The number of thioether (sulfide) groups is 1. The number of rotatable bonds is 6. The highest BCUT2D eigenvalue weighted by Gasteiger charge is 2.20. The standard InChI is InChI=1S/C17H15FN4O2S/c1-11(16(23)12-6-8-15(24-2)9-7-12)25-17-19-20-21-22(17)14-5-3-4-13(18)10-14/h3-11H,1-2H3. The normalized spacial score (nSPS) is 12.0. The van der Waals surface area contributed by atoms with E-state index in [1.807, 2.05) is 0 Å². The Hall–Kier alpha value is -2.74. The maximum absolute atomic E-state index is 13.4. The van der Waals surface area contributed by atoms with E-state index >= 15 is 0 Å². The van der Waals surface area contributed by atoms with Crippen molar-refractivity contribution < 1.29 is 13.9 Å². The van der Waals surface area contributed by atoms with Gasteiger partial charge in [-0.15, -0.1) is 5.10 Å². The number of ketones is 1. The van der Waals surface area contributed by atoms with Crippen LogP contribution in [-0.4, -0.2) is 38.4 Å². The summed E-state index contributed by atoms with van der Waals surface area (Å²) in [5, 5.41) is 11.4. The summed E-state index contributed by atoms with van der Waals surface area (Å²) in [5.74, 6) is 0.250. The molecule has 0 aliphatic carbocycles. The van der Waals surface area contributed by atoms with Gasteiger partial charge in [-0.3, -0.25) is 4.79 Å². The fourth-order valence-corrected chi connectivity index (χ4v) is 3.11. The van der Waals surface area contributed by atoms with Crippen LogP contribution < -0.4 is 4.74 Å². The molecule has 0 N–H and O–H groups in total. The summed E-state index contributed by atoms with van der Waals surface area (Å²) in [5.41, 5.74) is 1.07. The Morgan fingerprint density at radius 2 is 2.00 bits per heavy atom. The lowest BCUT2D eigenvalue weighted by molar-refractivity contribution is 0.0994. The second-order valence-corrected chi connectivity index (χ2v) is 6.51. The molecule has 25 heavy (non-hydrogen) atoms. The summed E-state index contributed by atoms with van der Waals surface area (Å²) in [4.78, 5) is 12.6. The molecule has 1 aromatic heterocycles. The van der Waals surface area contributed by atoms with Gasteiger partial charge in [0.1, 0.15) is 11.6 Å². The Balaban J connectivity index is 1.78.